The van der Waals surface area contributed by atoms with Crippen LogP contribution >= 0.6 is 47.8 Å². The predicted octanol–water partition coefficient (Wildman–Crippen LogP) is 3.75. The van der Waals surface area contributed by atoms with E-state index in [1.54, 1.807) is 17.5 Å². The van der Waals surface area contributed by atoms with E-state index in [4.69, 9.17) is 11.6 Å². The van der Waals surface area contributed by atoms with Crippen LogP contribution in [0.5, 0.6) is 0 Å². The van der Waals surface area contributed by atoms with Crippen LogP contribution in [0.25, 0.3) is 0 Å². The first-order valence-corrected chi connectivity index (χ1v) is 8.64. The Hall–Kier alpha value is -0.850. The van der Waals surface area contributed by atoms with Gasteiger partial charge in [-0.05, 0) is 11.6 Å². The average molecular weight is 409 g/mol. The summed E-state index contributed by atoms with van der Waals surface area (Å²) in [6.07, 6.45) is 2.98. The van der Waals surface area contributed by atoms with Gasteiger partial charge in [0, 0.05) is 49.1 Å². The fourth-order valence-electron chi connectivity index (χ4n) is 2.76. The number of rotatable bonds is 4. The summed E-state index contributed by atoms with van der Waals surface area (Å²) >= 11 is 7.91. The number of carbonyl (C=O) groups is 1. The minimum absolute atomic E-state index is 0. The Labute approximate surface area is 163 Å². The number of thiazole rings is 1. The van der Waals surface area contributed by atoms with Crippen molar-refractivity contribution in [1.82, 2.24) is 15.2 Å². The minimum Gasteiger partial charge on any atom is -0.333 e. The third-order valence-corrected chi connectivity index (χ3v) is 5.05. The van der Waals surface area contributed by atoms with E-state index in [2.05, 4.69) is 10.3 Å². The molecule has 2 aromatic rings. The normalized spacial score (nSPS) is 16.9. The highest BCUT2D eigenvalue weighted by Gasteiger charge is 2.28. The zero-order chi connectivity index (χ0) is 15.4. The van der Waals surface area contributed by atoms with Crippen molar-refractivity contribution in [2.45, 2.75) is 18.9 Å². The molecule has 0 spiro atoms. The van der Waals surface area contributed by atoms with Crippen molar-refractivity contribution in [2.24, 2.45) is 0 Å². The van der Waals surface area contributed by atoms with Crippen molar-refractivity contribution < 1.29 is 4.79 Å². The monoisotopic (exact) mass is 407 g/mol. The number of nitrogens with zero attached hydrogens (tertiary/aromatic N) is 2. The van der Waals surface area contributed by atoms with Crippen molar-refractivity contribution in [3.05, 3.63) is 51.4 Å². The maximum absolute atomic E-state index is 12.6. The number of hydrogen-bond donors (Lipinski definition) is 1. The number of benzene rings is 1. The number of aromatic nitrogens is 1. The molecule has 1 saturated heterocycles. The van der Waals surface area contributed by atoms with E-state index in [9.17, 15) is 4.79 Å². The average Bonchev–Trinajstić information content (AvgIpc) is 3.06. The van der Waals surface area contributed by atoms with Crippen molar-refractivity contribution in [3.63, 3.8) is 0 Å². The van der Waals surface area contributed by atoms with Crippen molar-refractivity contribution >= 4 is 53.7 Å². The van der Waals surface area contributed by atoms with Crippen molar-refractivity contribution in [1.29, 1.82) is 0 Å². The summed E-state index contributed by atoms with van der Waals surface area (Å²) in [5.41, 5.74) is 1.01. The Morgan fingerprint density at radius 1 is 1.38 bits per heavy atom. The van der Waals surface area contributed by atoms with Gasteiger partial charge in [0.1, 0.15) is 0 Å². The van der Waals surface area contributed by atoms with Crippen LogP contribution in [0.15, 0.2) is 35.8 Å². The summed E-state index contributed by atoms with van der Waals surface area (Å²) in [5, 5.41) is 7.02. The van der Waals surface area contributed by atoms with E-state index in [-0.39, 0.29) is 36.8 Å². The molecule has 1 aliphatic rings. The van der Waals surface area contributed by atoms with Gasteiger partial charge in [-0.25, -0.2) is 4.98 Å². The molecule has 1 fully saturated rings. The van der Waals surface area contributed by atoms with Crippen molar-refractivity contribution in [2.75, 3.05) is 19.6 Å². The van der Waals surface area contributed by atoms with Crippen LogP contribution in [0.4, 0.5) is 0 Å². The molecule has 1 unspecified atom stereocenters. The lowest BCUT2D eigenvalue weighted by atomic mass is 10.0. The second kappa shape index (κ2) is 10.2. The number of halogens is 3. The first kappa shape index (κ1) is 21.2. The molecular formula is C16H20Cl3N3OS. The molecule has 132 valence electrons. The summed E-state index contributed by atoms with van der Waals surface area (Å²) in [7, 11) is 0. The molecule has 1 amide bonds. The molecule has 1 aliphatic heterocycles. The highest BCUT2D eigenvalue weighted by molar-refractivity contribution is 7.09. The molecule has 0 radical (unpaired) electrons. The number of carbonyl (C=O) groups excluding carboxylic acids is 1. The van der Waals surface area contributed by atoms with Crippen LogP contribution in [0, 0.1) is 0 Å². The van der Waals surface area contributed by atoms with Gasteiger partial charge in [-0.15, -0.1) is 36.2 Å². The van der Waals surface area contributed by atoms with E-state index in [0.717, 1.165) is 23.7 Å². The van der Waals surface area contributed by atoms with Crippen LogP contribution in [0.1, 0.15) is 23.0 Å². The minimum atomic E-state index is 0. The summed E-state index contributed by atoms with van der Waals surface area (Å²) in [4.78, 5) is 18.8. The Morgan fingerprint density at radius 3 is 2.88 bits per heavy atom. The van der Waals surface area contributed by atoms with Crippen LogP contribution in [-0.2, 0) is 11.2 Å². The summed E-state index contributed by atoms with van der Waals surface area (Å²) in [6, 6.07) is 7.77. The first-order valence-electron chi connectivity index (χ1n) is 7.38. The van der Waals surface area contributed by atoms with Crippen molar-refractivity contribution in [3.8, 4) is 0 Å². The molecule has 0 bridgehead atoms. The van der Waals surface area contributed by atoms with Gasteiger partial charge in [-0.1, -0.05) is 29.8 Å². The number of hydrogen-bond acceptors (Lipinski definition) is 4. The third-order valence-electron chi connectivity index (χ3n) is 3.86. The van der Waals surface area contributed by atoms with Gasteiger partial charge < -0.3 is 10.2 Å². The lowest BCUT2D eigenvalue weighted by Crippen LogP contribution is -2.48. The number of piperazine rings is 1. The fraction of sp³-hybridized carbons (Fsp3) is 0.375. The molecule has 8 heteroatoms. The second-order valence-electron chi connectivity index (χ2n) is 5.25. The summed E-state index contributed by atoms with van der Waals surface area (Å²) < 4.78 is 0. The Balaban J connectivity index is 0.00000144. The van der Waals surface area contributed by atoms with Gasteiger partial charge in [-0.2, -0.15) is 0 Å². The van der Waals surface area contributed by atoms with Gasteiger partial charge in [0.05, 0.1) is 11.0 Å². The molecule has 1 aromatic carbocycles. The molecule has 0 aliphatic carbocycles. The van der Waals surface area contributed by atoms with Gasteiger partial charge >= 0.3 is 0 Å². The van der Waals surface area contributed by atoms with Gasteiger partial charge in [-0.3, -0.25) is 4.79 Å². The number of nitrogens with one attached hydrogen (secondary N) is 1. The first-order chi connectivity index (χ1) is 10.8. The quantitative estimate of drug-likeness (QED) is 0.838. The molecular weight excluding hydrogens is 389 g/mol. The maximum Gasteiger partial charge on any atom is 0.223 e. The van der Waals surface area contributed by atoms with Crippen LogP contribution < -0.4 is 5.32 Å². The maximum atomic E-state index is 12.6. The van der Waals surface area contributed by atoms with E-state index in [1.165, 1.54) is 0 Å². The summed E-state index contributed by atoms with van der Waals surface area (Å²) in [5.74, 6) is 0.168. The lowest BCUT2D eigenvalue weighted by molar-refractivity contribution is -0.134. The molecule has 0 saturated carbocycles. The summed E-state index contributed by atoms with van der Waals surface area (Å²) in [6.45, 7) is 2.28. The Bertz CT molecular complexity index is 639. The number of amides is 1. The van der Waals surface area contributed by atoms with Crippen LogP contribution in [-0.4, -0.2) is 35.4 Å². The van der Waals surface area contributed by atoms with Gasteiger partial charge in [0.25, 0.3) is 0 Å². The third kappa shape index (κ3) is 5.07. The van der Waals surface area contributed by atoms with Crippen LogP contribution in [0.3, 0.4) is 0 Å². The smallest absolute Gasteiger partial charge is 0.223 e. The van der Waals surface area contributed by atoms with E-state index < -0.39 is 0 Å². The Kier molecular flexibility index (Phi) is 9.02. The predicted molar refractivity (Wildman–Crippen MR) is 104 cm³/mol. The second-order valence-corrected chi connectivity index (χ2v) is 6.64. The standard InChI is InChI=1S/C16H18ClN3OS.2ClH/c17-13-4-2-1-3-12(13)14-11-18-7-9-20(14)16(21)6-5-15-19-8-10-22-15;;/h1-4,8,10,14,18H,5-7,9,11H2;2*1H. The molecule has 1 aromatic heterocycles. The van der Waals surface area contributed by atoms with E-state index in [1.807, 2.05) is 34.5 Å². The van der Waals surface area contributed by atoms with E-state index in [0.29, 0.717) is 24.4 Å². The SMILES string of the molecule is Cl.Cl.O=C(CCc1nccs1)N1CCNCC1c1ccccc1Cl. The highest BCUT2D eigenvalue weighted by atomic mass is 35.5. The zero-order valence-corrected chi connectivity index (χ0v) is 16.2. The van der Waals surface area contributed by atoms with Crippen LogP contribution in [0.2, 0.25) is 5.02 Å². The highest BCUT2D eigenvalue weighted by Crippen LogP contribution is 2.29. The topological polar surface area (TPSA) is 45.2 Å². The molecule has 2 heterocycles. The van der Waals surface area contributed by atoms with E-state index >= 15 is 0 Å². The number of aryl methyl sites for hydroxylation is 1. The lowest BCUT2D eigenvalue weighted by Gasteiger charge is -2.37. The molecule has 3 rings (SSSR count). The Morgan fingerprint density at radius 2 is 2.17 bits per heavy atom. The molecule has 1 atom stereocenters. The molecule has 24 heavy (non-hydrogen) atoms. The van der Waals surface area contributed by atoms with Gasteiger partial charge in [0.15, 0.2) is 0 Å². The molecule has 1 N–H and O–H groups in total. The van der Waals surface area contributed by atoms with Gasteiger partial charge in [0.2, 0.25) is 5.91 Å². The zero-order valence-electron chi connectivity index (χ0n) is 13.0. The molecule has 4 nitrogen and oxygen atoms in total. The largest absolute Gasteiger partial charge is 0.333 e. The fourth-order valence-corrected chi connectivity index (χ4v) is 3.64.